The van der Waals surface area contributed by atoms with Crippen molar-refractivity contribution in [3.63, 3.8) is 0 Å². The molecular weight excluding hydrogens is 132 g/mol. The highest BCUT2D eigenvalue weighted by Crippen LogP contribution is 2.22. The smallest absolute Gasteiger partial charge is 0.0317 e. The van der Waals surface area contributed by atoms with E-state index in [1.807, 2.05) is 0 Å². The molecule has 0 aliphatic heterocycles. The van der Waals surface area contributed by atoms with Crippen LogP contribution in [0.5, 0.6) is 0 Å². The zero-order valence-electron chi connectivity index (χ0n) is 7.91. The molecule has 0 fully saturated rings. The fourth-order valence-corrected chi connectivity index (χ4v) is 1.53. The highest BCUT2D eigenvalue weighted by molar-refractivity contribution is 5.31. The molecule has 0 aromatic rings. The van der Waals surface area contributed by atoms with Crippen molar-refractivity contribution >= 4 is 0 Å². The first-order valence-corrected chi connectivity index (χ1v) is 4.55. The van der Waals surface area contributed by atoms with Crippen molar-refractivity contribution in [2.75, 3.05) is 0 Å². The van der Waals surface area contributed by atoms with Crippen molar-refractivity contribution in [1.82, 2.24) is 0 Å². The van der Waals surface area contributed by atoms with Crippen LogP contribution in [0.15, 0.2) is 22.8 Å². The van der Waals surface area contributed by atoms with Crippen LogP contribution in [0.25, 0.3) is 0 Å². The van der Waals surface area contributed by atoms with Crippen LogP contribution < -0.4 is 0 Å². The van der Waals surface area contributed by atoms with Crippen LogP contribution in [-0.4, -0.2) is 0 Å². The summed E-state index contributed by atoms with van der Waals surface area (Å²) in [4.78, 5) is 0. The molecule has 0 bridgehead atoms. The van der Waals surface area contributed by atoms with Gasteiger partial charge >= 0.3 is 0 Å². The van der Waals surface area contributed by atoms with Gasteiger partial charge in [-0.15, -0.1) is 0 Å². The molecule has 0 nitrogen and oxygen atoms in total. The summed E-state index contributed by atoms with van der Waals surface area (Å²) in [6.45, 7) is 6.73. The molecule has 0 saturated carbocycles. The molecule has 0 aromatic heterocycles. The van der Waals surface area contributed by atoms with Gasteiger partial charge in [0, 0.05) is 0 Å². The van der Waals surface area contributed by atoms with Gasteiger partial charge in [0.25, 0.3) is 0 Å². The minimum absolute atomic E-state index is 1.27. The first kappa shape index (κ1) is 8.58. The van der Waals surface area contributed by atoms with Crippen molar-refractivity contribution in [2.24, 2.45) is 0 Å². The monoisotopic (exact) mass is 150 g/mol. The minimum Gasteiger partial charge on any atom is -0.0813 e. The maximum Gasteiger partial charge on any atom is -0.0317 e. The maximum absolute atomic E-state index is 2.37. The second-order valence-electron chi connectivity index (χ2n) is 3.54. The van der Waals surface area contributed by atoms with E-state index in [0.29, 0.717) is 0 Å². The quantitative estimate of drug-likeness (QED) is 0.492. The first-order valence-electron chi connectivity index (χ1n) is 4.55. The SMILES string of the molecule is CC1=CCCCCC(C)=C1C. The van der Waals surface area contributed by atoms with Gasteiger partial charge in [-0.1, -0.05) is 17.2 Å². The van der Waals surface area contributed by atoms with Crippen LogP contribution in [0.4, 0.5) is 0 Å². The van der Waals surface area contributed by atoms with Gasteiger partial charge in [0.15, 0.2) is 0 Å². The first-order chi connectivity index (χ1) is 5.22. The lowest BCUT2D eigenvalue weighted by Gasteiger charge is -2.11. The van der Waals surface area contributed by atoms with E-state index in [4.69, 9.17) is 0 Å². The van der Waals surface area contributed by atoms with Gasteiger partial charge in [0.1, 0.15) is 0 Å². The Morgan fingerprint density at radius 1 is 1.09 bits per heavy atom. The van der Waals surface area contributed by atoms with Gasteiger partial charge in [-0.25, -0.2) is 0 Å². The Kier molecular flexibility index (Phi) is 2.92. The molecule has 0 amide bonds. The third kappa shape index (κ3) is 2.21. The number of allylic oxidation sites excluding steroid dienone is 4. The van der Waals surface area contributed by atoms with E-state index in [2.05, 4.69) is 26.8 Å². The Bertz CT molecular complexity index is 194. The van der Waals surface area contributed by atoms with E-state index in [9.17, 15) is 0 Å². The fraction of sp³-hybridized carbons (Fsp3) is 0.636. The number of hydrogen-bond acceptors (Lipinski definition) is 0. The largest absolute Gasteiger partial charge is 0.0813 e. The average molecular weight is 150 g/mol. The van der Waals surface area contributed by atoms with E-state index in [1.165, 1.54) is 36.8 Å². The molecule has 0 N–H and O–H groups in total. The van der Waals surface area contributed by atoms with Crippen LogP contribution in [0.1, 0.15) is 46.5 Å². The normalized spacial score (nSPS) is 20.8. The fourth-order valence-electron chi connectivity index (χ4n) is 1.53. The highest BCUT2D eigenvalue weighted by Gasteiger charge is 2.02. The molecule has 0 heterocycles. The molecule has 11 heavy (non-hydrogen) atoms. The van der Waals surface area contributed by atoms with Crippen LogP contribution in [0, 0.1) is 0 Å². The molecular formula is C11H18. The Hall–Kier alpha value is -0.520. The topological polar surface area (TPSA) is 0 Å². The molecule has 1 aliphatic carbocycles. The predicted molar refractivity (Wildman–Crippen MR) is 50.6 cm³/mol. The summed E-state index contributed by atoms with van der Waals surface area (Å²) in [7, 11) is 0. The summed E-state index contributed by atoms with van der Waals surface area (Å²) in [5.41, 5.74) is 4.59. The molecule has 0 saturated heterocycles. The van der Waals surface area contributed by atoms with E-state index in [1.54, 1.807) is 5.57 Å². The molecule has 0 spiro atoms. The summed E-state index contributed by atoms with van der Waals surface area (Å²) < 4.78 is 0. The van der Waals surface area contributed by atoms with Gasteiger partial charge in [-0.3, -0.25) is 0 Å². The summed E-state index contributed by atoms with van der Waals surface area (Å²) >= 11 is 0. The van der Waals surface area contributed by atoms with Crippen molar-refractivity contribution < 1.29 is 0 Å². The van der Waals surface area contributed by atoms with E-state index < -0.39 is 0 Å². The van der Waals surface area contributed by atoms with Gasteiger partial charge < -0.3 is 0 Å². The number of rotatable bonds is 0. The molecule has 1 rings (SSSR count). The summed E-state index contributed by atoms with van der Waals surface area (Å²) in [6.07, 6.45) is 7.68. The van der Waals surface area contributed by atoms with Crippen molar-refractivity contribution in [1.29, 1.82) is 0 Å². The number of hydrogen-bond donors (Lipinski definition) is 0. The van der Waals surface area contributed by atoms with Crippen molar-refractivity contribution in [3.05, 3.63) is 22.8 Å². The molecule has 62 valence electrons. The Balaban J connectivity index is 2.83. The lowest BCUT2D eigenvalue weighted by molar-refractivity contribution is 0.728. The lowest BCUT2D eigenvalue weighted by Crippen LogP contribution is -1.91. The third-order valence-corrected chi connectivity index (χ3v) is 2.69. The van der Waals surface area contributed by atoms with Crippen LogP contribution >= 0.6 is 0 Å². The minimum atomic E-state index is 1.27. The Morgan fingerprint density at radius 3 is 2.55 bits per heavy atom. The molecule has 0 heteroatoms. The summed E-state index contributed by atoms with van der Waals surface area (Å²) in [6, 6.07) is 0. The van der Waals surface area contributed by atoms with Gasteiger partial charge in [-0.2, -0.15) is 0 Å². The predicted octanol–water partition coefficient (Wildman–Crippen LogP) is 3.84. The average Bonchev–Trinajstić information content (AvgIpc) is 2.00. The van der Waals surface area contributed by atoms with E-state index in [-0.39, 0.29) is 0 Å². The van der Waals surface area contributed by atoms with Crippen molar-refractivity contribution in [3.8, 4) is 0 Å². The lowest BCUT2D eigenvalue weighted by atomic mass is 9.95. The van der Waals surface area contributed by atoms with Crippen molar-refractivity contribution in [2.45, 2.75) is 46.5 Å². The van der Waals surface area contributed by atoms with E-state index >= 15 is 0 Å². The molecule has 0 radical (unpaired) electrons. The third-order valence-electron chi connectivity index (χ3n) is 2.69. The molecule has 0 unspecified atom stereocenters. The standard InChI is InChI=1S/C11H18/c1-9-7-5-4-6-8-10(2)11(9)3/h7H,4-6,8H2,1-3H3. The highest BCUT2D eigenvalue weighted by atomic mass is 14.1. The van der Waals surface area contributed by atoms with E-state index in [0.717, 1.165) is 0 Å². The van der Waals surface area contributed by atoms with Gasteiger partial charge in [-0.05, 0) is 52.0 Å². The molecule has 1 aliphatic rings. The van der Waals surface area contributed by atoms with Crippen LogP contribution in [-0.2, 0) is 0 Å². The van der Waals surface area contributed by atoms with Crippen LogP contribution in [0.3, 0.4) is 0 Å². The second-order valence-corrected chi connectivity index (χ2v) is 3.54. The maximum atomic E-state index is 2.37. The second kappa shape index (κ2) is 3.75. The van der Waals surface area contributed by atoms with Gasteiger partial charge in [0.05, 0.1) is 0 Å². The zero-order chi connectivity index (χ0) is 8.27. The molecule has 0 atom stereocenters. The Labute approximate surface area is 70.0 Å². The summed E-state index contributed by atoms with van der Waals surface area (Å²) in [5.74, 6) is 0. The van der Waals surface area contributed by atoms with Crippen LogP contribution in [0.2, 0.25) is 0 Å². The molecule has 0 aromatic carbocycles. The zero-order valence-corrected chi connectivity index (χ0v) is 7.91. The van der Waals surface area contributed by atoms with Gasteiger partial charge in [0.2, 0.25) is 0 Å². The summed E-state index contributed by atoms with van der Waals surface area (Å²) in [5, 5.41) is 0. The Morgan fingerprint density at radius 2 is 1.82 bits per heavy atom.